The van der Waals surface area contributed by atoms with Gasteiger partial charge in [-0.15, -0.1) is 0 Å². The highest BCUT2D eigenvalue weighted by Crippen LogP contribution is 2.33. The van der Waals surface area contributed by atoms with E-state index in [4.69, 9.17) is 0 Å². The lowest BCUT2D eigenvalue weighted by atomic mass is 10.1. The van der Waals surface area contributed by atoms with Crippen molar-refractivity contribution in [2.45, 2.75) is 18.6 Å². The zero-order valence-electron chi connectivity index (χ0n) is 9.24. The number of hydrogen-bond acceptors (Lipinski definition) is 4. The van der Waals surface area contributed by atoms with Gasteiger partial charge in [0.15, 0.2) is 0 Å². The first-order chi connectivity index (χ1) is 8.34. The highest BCUT2D eigenvalue weighted by molar-refractivity contribution is 5.42. The molecule has 1 heterocycles. The number of anilines is 1. The lowest BCUT2D eigenvalue weighted by Crippen LogP contribution is -2.22. The molecular formula is C13H13N3O. The van der Waals surface area contributed by atoms with E-state index in [-0.39, 0.29) is 6.04 Å². The molecule has 0 fully saturated rings. The predicted molar refractivity (Wildman–Crippen MR) is 64.5 cm³/mol. The lowest BCUT2D eigenvalue weighted by Gasteiger charge is -2.17. The maximum absolute atomic E-state index is 10.1. The summed E-state index contributed by atoms with van der Waals surface area (Å²) >= 11 is 0. The molecule has 4 nitrogen and oxygen atoms in total. The van der Waals surface area contributed by atoms with Crippen LogP contribution in [0.25, 0.3) is 0 Å². The van der Waals surface area contributed by atoms with Gasteiger partial charge in [0.1, 0.15) is 0 Å². The van der Waals surface area contributed by atoms with Crippen LogP contribution in [0.5, 0.6) is 0 Å². The summed E-state index contributed by atoms with van der Waals surface area (Å²) in [6, 6.07) is 9.71. The van der Waals surface area contributed by atoms with Crippen LogP contribution < -0.4 is 5.32 Å². The van der Waals surface area contributed by atoms with Crippen LogP contribution in [-0.2, 0) is 6.42 Å². The molecule has 0 aliphatic heterocycles. The van der Waals surface area contributed by atoms with Gasteiger partial charge < -0.3 is 10.4 Å². The minimum absolute atomic E-state index is 0.117. The van der Waals surface area contributed by atoms with Crippen LogP contribution in [0.4, 0.5) is 5.95 Å². The lowest BCUT2D eigenvalue weighted by molar-refractivity contribution is 0.165. The third-order valence-electron chi connectivity index (χ3n) is 3.05. The van der Waals surface area contributed by atoms with E-state index in [1.165, 1.54) is 5.56 Å². The number of aromatic nitrogens is 2. The van der Waals surface area contributed by atoms with Gasteiger partial charge in [-0.1, -0.05) is 24.3 Å². The molecule has 2 aromatic rings. The van der Waals surface area contributed by atoms with Crippen molar-refractivity contribution in [3.63, 3.8) is 0 Å². The van der Waals surface area contributed by atoms with Gasteiger partial charge in [0, 0.05) is 18.8 Å². The molecule has 0 saturated carbocycles. The molecule has 1 aliphatic carbocycles. The molecule has 1 aromatic heterocycles. The average Bonchev–Trinajstić information content (AvgIpc) is 2.68. The Morgan fingerprint density at radius 1 is 1.12 bits per heavy atom. The van der Waals surface area contributed by atoms with Crippen molar-refractivity contribution in [3.8, 4) is 0 Å². The zero-order chi connectivity index (χ0) is 11.7. The minimum atomic E-state index is -0.420. The molecule has 1 aliphatic rings. The minimum Gasteiger partial charge on any atom is -0.390 e. The van der Waals surface area contributed by atoms with E-state index in [0.717, 1.165) is 5.56 Å². The van der Waals surface area contributed by atoms with Crippen molar-refractivity contribution in [2.24, 2.45) is 0 Å². The topological polar surface area (TPSA) is 58.0 Å². The van der Waals surface area contributed by atoms with E-state index in [1.54, 1.807) is 18.5 Å². The molecule has 1 aromatic carbocycles. The Balaban J connectivity index is 1.89. The summed E-state index contributed by atoms with van der Waals surface area (Å²) in [4.78, 5) is 8.23. The van der Waals surface area contributed by atoms with Crippen molar-refractivity contribution >= 4 is 5.95 Å². The Bertz CT molecular complexity index is 515. The third kappa shape index (κ3) is 1.87. The molecular weight excluding hydrogens is 214 g/mol. The predicted octanol–water partition coefficient (Wildman–Crippen LogP) is 1.55. The van der Waals surface area contributed by atoms with Crippen molar-refractivity contribution in [2.75, 3.05) is 5.32 Å². The summed E-state index contributed by atoms with van der Waals surface area (Å²) in [5, 5.41) is 13.2. The van der Waals surface area contributed by atoms with E-state index < -0.39 is 6.10 Å². The van der Waals surface area contributed by atoms with E-state index in [0.29, 0.717) is 12.4 Å². The standard InChI is InChI=1S/C13H13N3O/c17-11-8-9-4-1-2-5-10(9)12(11)16-13-14-6-3-7-15-13/h1-7,11-12,17H,8H2,(H,14,15,16)/t11-,12-/m1/s1. The normalized spacial score (nSPS) is 22.2. The maximum atomic E-state index is 10.1. The van der Waals surface area contributed by atoms with Crippen LogP contribution in [0.2, 0.25) is 0 Å². The Morgan fingerprint density at radius 2 is 1.88 bits per heavy atom. The largest absolute Gasteiger partial charge is 0.390 e. The number of rotatable bonds is 2. The van der Waals surface area contributed by atoms with Crippen LogP contribution in [-0.4, -0.2) is 21.2 Å². The van der Waals surface area contributed by atoms with Gasteiger partial charge in [0.05, 0.1) is 12.1 Å². The second kappa shape index (κ2) is 4.14. The fourth-order valence-electron chi connectivity index (χ4n) is 2.26. The summed E-state index contributed by atoms with van der Waals surface area (Å²) in [7, 11) is 0. The Hall–Kier alpha value is -1.94. The van der Waals surface area contributed by atoms with E-state index in [1.807, 2.05) is 24.3 Å². The SMILES string of the molecule is O[C@@H]1Cc2ccccc2[C@H]1Nc1ncccn1. The average molecular weight is 227 g/mol. The second-order valence-electron chi connectivity index (χ2n) is 4.16. The highest BCUT2D eigenvalue weighted by atomic mass is 16.3. The van der Waals surface area contributed by atoms with Crippen LogP contribution in [0.3, 0.4) is 0 Å². The highest BCUT2D eigenvalue weighted by Gasteiger charge is 2.30. The van der Waals surface area contributed by atoms with Crippen LogP contribution in [0.1, 0.15) is 17.2 Å². The first kappa shape index (κ1) is 10.2. The van der Waals surface area contributed by atoms with Gasteiger partial charge in [0.25, 0.3) is 0 Å². The third-order valence-corrected chi connectivity index (χ3v) is 3.05. The van der Waals surface area contributed by atoms with Crippen molar-refractivity contribution in [1.82, 2.24) is 9.97 Å². The molecule has 0 radical (unpaired) electrons. The van der Waals surface area contributed by atoms with Gasteiger partial charge in [0.2, 0.25) is 5.95 Å². The van der Waals surface area contributed by atoms with Crippen molar-refractivity contribution < 1.29 is 5.11 Å². The number of hydrogen-bond donors (Lipinski definition) is 2. The molecule has 2 atom stereocenters. The molecule has 17 heavy (non-hydrogen) atoms. The monoisotopic (exact) mass is 227 g/mol. The van der Waals surface area contributed by atoms with Crippen molar-refractivity contribution in [1.29, 1.82) is 0 Å². The zero-order valence-corrected chi connectivity index (χ0v) is 9.24. The van der Waals surface area contributed by atoms with Crippen LogP contribution >= 0.6 is 0 Å². The number of benzene rings is 1. The molecule has 86 valence electrons. The first-order valence-corrected chi connectivity index (χ1v) is 5.64. The first-order valence-electron chi connectivity index (χ1n) is 5.64. The second-order valence-corrected chi connectivity index (χ2v) is 4.16. The van der Waals surface area contributed by atoms with Crippen LogP contribution in [0.15, 0.2) is 42.7 Å². The molecule has 2 N–H and O–H groups in total. The van der Waals surface area contributed by atoms with Gasteiger partial charge >= 0.3 is 0 Å². The summed E-state index contributed by atoms with van der Waals surface area (Å²) in [6.07, 6.45) is 3.63. The maximum Gasteiger partial charge on any atom is 0.223 e. The summed E-state index contributed by atoms with van der Waals surface area (Å²) in [5.74, 6) is 0.549. The van der Waals surface area contributed by atoms with E-state index >= 15 is 0 Å². The molecule has 4 heteroatoms. The van der Waals surface area contributed by atoms with Crippen LogP contribution in [0, 0.1) is 0 Å². The molecule has 0 saturated heterocycles. The van der Waals surface area contributed by atoms with Gasteiger partial charge in [-0.3, -0.25) is 0 Å². The van der Waals surface area contributed by atoms with Crippen molar-refractivity contribution in [3.05, 3.63) is 53.9 Å². The smallest absolute Gasteiger partial charge is 0.223 e. The van der Waals surface area contributed by atoms with E-state index in [9.17, 15) is 5.11 Å². The Kier molecular flexibility index (Phi) is 2.49. The molecule has 0 unspecified atom stereocenters. The Labute approximate surface area is 99.4 Å². The fourth-order valence-corrected chi connectivity index (χ4v) is 2.26. The molecule has 0 bridgehead atoms. The molecule has 0 spiro atoms. The molecule has 0 amide bonds. The van der Waals surface area contributed by atoms with Gasteiger partial charge in [-0.05, 0) is 17.2 Å². The summed E-state index contributed by atoms with van der Waals surface area (Å²) in [5.41, 5.74) is 2.32. The number of nitrogens with one attached hydrogen (secondary N) is 1. The molecule has 3 rings (SSSR count). The number of fused-ring (bicyclic) bond motifs is 1. The van der Waals surface area contributed by atoms with E-state index in [2.05, 4.69) is 15.3 Å². The number of nitrogens with zero attached hydrogens (tertiary/aromatic N) is 2. The number of aliphatic hydroxyl groups excluding tert-OH is 1. The van der Waals surface area contributed by atoms with Gasteiger partial charge in [-0.25, -0.2) is 9.97 Å². The Morgan fingerprint density at radius 3 is 2.71 bits per heavy atom. The summed E-state index contributed by atoms with van der Waals surface area (Å²) < 4.78 is 0. The fraction of sp³-hybridized carbons (Fsp3) is 0.231. The quantitative estimate of drug-likeness (QED) is 0.817. The summed E-state index contributed by atoms with van der Waals surface area (Å²) in [6.45, 7) is 0. The van der Waals surface area contributed by atoms with Gasteiger partial charge in [-0.2, -0.15) is 0 Å². The number of aliphatic hydroxyl groups is 1.